The van der Waals surface area contributed by atoms with Crippen LogP contribution in [0.3, 0.4) is 0 Å². The molecule has 6 nitrogen and oxygen atoms in total. The molecule has 0 unspecified atom stereocenters. The Morgan fingerprint density at radius 2 is 1.71 bits per heavy atom. The minimum atomic E-state index is -0.678. The van der Waals surface area contributed by atoms with E-state index < -0.39 is 17.1 Å². The van der Waals surface area contributed by atoms with Crippen molar-refractivity contribution < 1.29 is 14.8 Å². The van der Waals surface area contributed by atoms with Crippen LogP contribution < -0.4 is 5.32 Å². The molecule has 140 valence electrons. The molecule has 0 radical (unpaired) electrons. The standard InChI is InChI=1S/C22H18N2O4/c25-20-13-15-8-4-5-9-17(15)21(20)23-18-11-10-16(12-19(18)24(27)28)22(26)14-6-2-1-3-7-14/h1-12,20-21,23,25H,13H2/t20-,21+/m0/s1. The minimum Gasteiger partial charge on any atom is -0.390 e. The van der Waals surface area contributed by atoms with E-state index in [9.17, 15) is 20.0 Å². The van der Waals surface area contributed by atoms with Crippen molar-refractivity contribution in [1.82, 2.24) is 0 Å². The van der Waals surface area contributed by atoms with Gasteiger partial charge in [0.1, 0.15) is 5.69 Å². The summed E-state index contributed by atoms with van der Waals surface area (Å²) in [6, 6.07) is 20.2. The van der Waals surface area contributed by atoms with E-state index in [1.807, 2.05) is 24.3 Å². The number of ketones is 1. The van der Waals surface area contributed by atoms with E-state index in [2.05, 4.69) is 5.32 Å². The summed E-state index contributed by atoms with van der Waals surface area (Å²) in [6.45, 7) is 0. The summed E-state index contributed by atoms with van der Waals surface area (Å²) < 4.78 is 0. The van der Waals surface area contributed by atoms with Crippen LogP contribution in [0.1, 0.15) is 33.1 Å². The smallest absolute Gasteiger partial charge is 0.293 e. The van der Waals surface area contributed by atoms with Gasteiger partial charge in [0.05, 0.1) is 17.1 Å². The Morgan fingerprint density at radius 1 is 1.00 bits per heavy atom. The number of aliphatic hydroxyl groups excluding tert-OH is 1. The van der Waals surface area contributed by atoms with Gasteiger partial charge in [0.25, 0.3) is 5.69 Å². The summed E-state index contributed by atoms with van der Waals surface area (Å²) in [5, 5.41) is 25.1. The number of nitrogens with zero attached hydrogens (tertiary/aromatic N) is 1. The van der Waals surface area contributed by atoms with E-state index in [1.54, 1.807) is 36.4 Å². The highest BCUT2D eigenvalue weighted by atomic mass is 16.6. The number of nitrogens with one attached hydrogen (secondary N) is 1. The Bertz CT molecular complexity index is 1050. The Hall–Kier alpha value is -3.51. The lowest BCUT2D eigenvalue weighted by Crippen LogP contribution is -2.21. The minimum absolute atomic E-state index is 0.196. The number of fused-ring (bicyclic) bond motifs is 1. The molecule has 0 spiro atoms. The first kappa shape index (κ1) is 17.9. The average Bonchev–Trinajstić information content (AvgIpc) is 3.03. The molecule has 3 aromatic rings. The molecule has 2 N–H and O–H groups in total. The van der Waals surface area contributed by atoms with Crippen molar-refractivity contribution in [2.24, 2.45) is 0 Å². The number of nitro groups is 1. The molecule has 1 aliphatic rings. The first-order valence-electron chi connectivity index (χ1n) is 8.95. The molecular weight excluding hydrogens is 356 g/mol. The van der Waals surface area contributed by atoms with E-state index in [-0.39, 0.29) is 22.7 Å². The van der Waals surface area contributed by atoms with Gasteiger partial charge < -0.3 is 10.4 Å². The van der Waals surface area contributed by atoms with Crippen LogP contribution in [0.15, 0.2) is 72.8 Å². The van der Waals surface area contributed by atoms with Crippen molar-refractivity contribution in [2.45, 2.75) is 18.6 Å². The molecule has 6 heteroatoms. The van der Waals surface area contributed by atoms with Crippen LogP contribution in [0.4, 0.5) is 11.4 Å². The van der Waals surface area contributed by atoms with Gasteiger partial charge in [0.2, 0.25) is 0 Å². The van der Waals surface area contributed by atoms with Crippen molar-refractivity contribution in [3.63, 3.8) is 0 Å². The van der Waals surface area contributed by atoms with Crippen LogP contribution in [0.25, 0.3) is 0 Å². The average molecular weight is 374 g/mol. The van der Waals surface area contributed by atoms with Crippen molar-refractivity contribution in [2.75, 3.05) is 5.32 Å². The summed E-state index contributed by atoms with van der Waals surface area (Å²) in [5.74, 6) is -0.276. The summed E-state index contributed by atoms with van der Waals surface area (Å²) in [6.07, 6.45) is -0.186. The fourth-order valence-electron chi connectivity index (χ4n) is 3.62. The Morgan fingerprint density at radius 3 is 2.46 bits per heavy atom. The SMILES string of the molecule is O=C(c1ccccc1)c1ccc(N[C@@H]2c3ccccc3C[C@@H]2O)c([N+](=O)[O-])c1. The molecule has 0 saturated carbocycles. The van der Waals surface area contributed by atoms with E-state index in [0.717, 1.165) is 11.1 Å². The molecule has 2 atom stereocenters. The van der Waals surface area contributed by atoms with E-state index in [1.165, 1.54) is 12.1 Å². The summed E-state index contributed by atoms with van der Waals surface area (Å²) in [7, 11) is 0. The lowest BCUT2D eigenvalue weighted by atomic mass is 10.0. The molecule has 4 rings (SSSR count). The zero-order chi connectivity index (χ0) is 19.7. The van der Waals surface area contributed by atoms with Crippen LogP contribution >= 0.6 is 0 Å². The number of aliphatic hydroxyl groups is 1. The summed E-state index contributed by atoms with van der Waals surface area (Å²) in [5.41, 5.74) is 2.74. The second-order valence-electron chi connectivity index (χ2n) is 6.78. The lowest BCUT2D eigenvalue weighted by molar-refractivity contribution is -0.384. The number of nitro benzene ring substituents is 1. The van der Waals surface area contributed by atoms with Crippen molar-refractivity contribution in [1.29, 1.82) is 0 Å². The zero-order valence-electron chi connectivity index (χ0n) is 14.9. The largest absolute Gasteiger partial charge is 0.390 e. The Balaban J connectivity index is 1.67. The second kappa shape index (κ2) is 7.25. The number of carbonyl (C=O) groups is 1. The van der Waals surface area contributed by atoms with Gasteiger partial charge in [-0.05, 0) is 23.3 Å². The van der Waals surface area contributed by atoms with Gasteiger partial charge in [-0.25, -0.2) is 0 Å². The number of hydrogen-bond donors (Lipinski definition) is 2. The van der Waals surface area contributed by atoms with Crippen molar-refractivity contribution in [3.05, 3.63) is 105 Å². The van der Waals surface area contributed by atoms with E-state index in [0.29, 0.717) is 12.0 Å². The molecule has 0 amide bonds. The first-order valence-corrected chi connectivity index (χ1v) is 8.95. The lowest BCUT2D eigenvalue weighted by Gasteiger charge is -2.19. The van der Waals surface area contributed by atoms with Gasteiger partial charge in [0.15, 0.2) is 5.78 Å². The fourth-order valence-corrected chi connectivity index (χ4v) is 3.62. The third-order valence-corrected chi connectivity index (χ3v) is 5.01. The molecule has 1 aliphatic carbocycles. The van der Waals surface area contributed by atoms with Gasteiger partial charge in [-0.15, -0.1) is 0 Å². The molecule has 28 heavy (non-hydrogen) atoms. The maximum Gasteiger partial charge on any atom is 0.293 e. The molecule has 3 aromatic carbocycles. The van der Waals surface area contributed by atoms with Crippen LogP contribution in [0, 0.1) is 10.1 Å². The normalized spacial score (nSPS) is 17.8. The fraction of sp³-hybridized carbons (Fsp3) is 0.136. The van der Waals surface area contributed by atoms with Crippen molar-refractivity contribution in [3.8, 4) is 0 Å². The quantitative estimate of drug-likeness (QED) is 0.401. The highest BCUT2D eigenvalue weighted by molar-refractivity contribution is 6.09. The topological polar surface area (TPSA) is 92.5 Å². The molecule has 0 heterocycles. The van der Waals surface area contributed by atoms with E-state index in [4.69, 9.17) is 0 Å². The van der Waals surface area contributed by atoms with Gasteiger partial charge in [-0.3, -0.25) is 14.9 Å². The predicted molar refractivity (Wildman–Crippen MR) is 105 cm³/mol. The van der Waals surface area contributed by atoms with Gasteiger partial charge in [0, 0.05) is 23.6 Å². The van der Waals surface area contributed by atoms with Crippen molar-refractivity contribution >= 4 is 17.2 Å². The van der Waals surface area contributed by atoms with Gasteiger partial charge >= 0.3 is 0 Å². The summed E-state index contributed by atoms with van der Waals surface area (Å²) >= 11 is 0. The van der Waals surface area contributed by atoms with Crippen LogP contribution in [0.5, 0.6) is 0 Å². The molecular formula is C22H18N2O4. The maximum absolute atomic E-state index is 12.6. The second-order valence-corrected chi connectivity index (χ2v) is 6.78. The molecule has 0 aliphatic heterocycles. The van der Waals surface area contributed by atoms with Gasteiger partial charge in [-0.1, -0.05) is 54.6 Å². The third kappa shape index (κ3) is 3.25. The molecule has 0 bridgehead atoms. The number of anilines is 1. The molecule has 0 saturated heterocycles. The number of carbonyl (C=O) groups excluding carboxylic acids is 1. The highest BCUT2D eigenvalue weighted by Crippen LogP contribution is 2.37. The van der Waals surface area contributed by atoms with Crippen LogP contribution in [-0.4, -0.2) is 21.9 Å². The zero-order valence-corrected chi connectivity index (χ0v) is 14.9. The monoisotopic (exact) mass is 374 g/mol. The number of hydrogen-bond acceptors (Lipinski definition) is 5. The Labute approximate surface area is 161 Å². The van der Waals surface area contributed by atoms with Crippen LogP contribution in [0.2, 0.25) is 0 Å². The van der Waals surface area contributed by atoms with E-state index >= 15 is 0 Å². The first-order chi connectivity index (χ1) is 13.5. The molecule has 0 fully saturated rings. The number of rotatable bonds is 5. The number of benzene rings is 3. The third-order valence-electron chi connectivity index (χ3n) is 5.01. The summed E-state index contributed by atoms with van der Waals surface area (Å²) in [4.78, 5) is 23.7. The Kier molecular flexibility index (Phi) is 4.63. The van der Waals surface area contributed by atoms with Gasteiger partial charge in [-0.2, -0.15) is 0 Å². The van der Waals surface area contributed by atoms with Crippen LogP contribution in [-0.2, 0) is 6.42 Å². The maximum atomic E-state index is 12.6. The molecule has 0 aromatic heterocycles. The predicted octanol–water partition coefficient (Wildman–Crippen LogP) is 3.90. The highest BCUT2D eigenvalue weighted by Gasteiger charge is 2.32.